The molecule has 5 N–H and O–H groups in total. The fourth-order valence-corrected chi connectivity index (χ4v) is 2.27. The fourth-order valence-electron chi connectivity index (χ4n) is 2.27. The fraction of sp³-hybridized carbons (Fsp3) is 0.400. The van der Waals surface area contributed by atoms with Crippen molar-refractivity contribution in [2.45, 2.75) is 24.9 Å². The summed E-state index contributed by atoms with van der Waals surface area (Å²) in [6.07, 6.45) is 1.56. The number of benzene rings is 1. The number of carbonyl (C=O) groups is 3. The maximum absolute atomic E-state index is 11.9. The average Bonchev–Trinajstić information content (AvgIpc) is 3.06. The summed E-state index contributed by atoms with van der Waals surface area (Å²) in [7, 11) is 0. The van der Waals surface area contributed by atoms with Gasteiger partial charge in [-0.1, -0.05) is 18.2 Å². The van der Waals surface area contributed by atoms with Crippen LogP contribution >= 0.6 is 0 Å². The molecular formula is C15H20N4O4. The molecule has 1 aliphatic heterocycles. The standard InChI is InChI=1S/C15H20N4O4/c20-13(11-7-4-8-16-11)19-12(14(21)22)9-17-15(23)18-10-5-2-1-3-6-10/h1-3,5-6,11-12,16H,4,7-9H2,(H,19,20)(H,21,22)(H2,17,18,23)/t11-,12-/m0/s1. The minimum absolute atomic E-state index is 0.202. The number of rotatable bonds is 6. The Kier molecular flexibility index (Phi) is 5.93. The van der Waals surface area contributed by atoms with Crippen LogP contribution in [0.2, 0.25) is 0 Å². The molecule has 3 amide bonds. The molecule has 0 spiro atoms. The van der Waals surface area contributed by atoms with E-state index in [2.05, 4.69) is 21.3 Å². The van der Waals surface area contributed by atoms with E-state index in [4.69, 9.17) is 5.11 Å². The second kappa shape index (κ2) is 8.14. The van der Waals surface area contributed by atoms with Crippen molar-refractivity contribution in [2.24, 2.45) is 0 Å². The van der Waals surface area contributed by atoms with Crippen LogP contribution in [0, 0.1) is 0 Å². The summed E-state index contributed by atoms with van der Waals surface area (Å²) in [5.74, 6) is -1.56. The third-order valence-corrected chi connectivity index (χ3v) is 3.49. The van der Waals surface area contributed by atoms with Crippen LogP contribution in [-0.2, 0) is 9.59 Å². The normalized spacial score (nSPS) is 18.0. The monoisotopic (exact) mass is 320 g/mol. The highest BCUT2D eigenvalue weighted by atomic mass is 16.4. The Hall–Kier alpha value is -2.61. The van der Waals surface area contributed by atoms with Crippen molar-refractivity contribution in [3.05, 3.63) is 30.3 Å². The first-order valence-electron chi connectivity index (χ1n) is 7.42. The molecule has 2 rings (SSSR count). The van der Waals surface area contributed by atoms with Gasteiger partial charge in [0.05, 0.1) is 12.6 Å². The summed E-state index contributed by atoms with van der Waals surface area (Å²) in [5.41, 5.74) is 0.594. The zero-order valence-corrected chi connectivity index (χ0v) is 12.5. The number of aliphatic carboxylic acids is 1. The third-order valence-electron chi connectivity index (χ3n) is 3.49. The smallest absolute Gasteiger partial charge is 0.328 e. The van der Waals surface area contributed by atoms with E-state index in [0.29, 0.717) is 12.1 Å². The van der Waals surface area contributed by atoms with E-state index in [1.807, 2.05) is 6.07 Å². The van der Waals surface area contributed by atoms with Gasteiger partial charge in [0.15, 0.2) is 0 Å². The molecule has 1 aromatic carbocycles. The maximum Gasteiger partial charge on any atom is 0.328 e. The molecule has 0 radical (unpaired) electrons. The number of para-hydroxylation sites is 1. The molecule has 1 aromatic rings. The molecule has 0 bridgehead atoms. The number of carboxylic acid groups (broad SMARTS) is 1. The summed E-state index contributed by atoms with van der Waals surface area (Å²) in [4.78, 5) is 34.9. The van der Waals surface area contributed by atoms with E-state index in [1.165, 1.54) is 0 Å². The van der Waals surface area contributed by atoms with Gasteiger partial charge in [-0.05, 0) is 31.5 Å². The van der Waals surface area contributed by atoms with Crippen LogP contribution in [0.5, 0.6) is 0 Å². The molecule has 1 saturated heterocycles. The molecule has 0 saturated carbocycles. The second-order valence-electron chi connectivity index (χ2n) is 5.25. The van der Waals surface area contributed by atoms with E-state index in [0.717, 1.165) is 13.0 Å². The van der Waals surface area contributed by atoms with Crippen molar-refractivity contribution in [3.63, 3.8) is 0 Å². The van der Waals surface area contributed by atoms with Crippen molar-refractivity contribution in [1.82, 2.24) is 16.0 Å². The summed E-state index contributed by atoms with van der Waals surface area (Å²) < 4.78 is 0. The van der Waals surface area contributed by atoms with Gasteiger partial charge in [0, 0.05) is 5.69 Å². The Balaban J connectivity index is 1.81. The number of amides is 3. The van der Waals surface area contributed by atoms with Crippen molar-refractivity contribution in [3.8, 4) is 0 Å². The number of hydrogen-bond donors (Lipinski definition) is 5. The van der Waals surface area contributed by atoms with Crippen molar-refractivity contribution >= 4 is 23.6 Å². The predicted octanol–water partition coefficient (Wildman–Crippen LogP) is 0.130. The van der Waals surface area contributed by atoms with Gasteiger partial charge in [0.25, 0.3) is 0 Å². The molecule has 0 aromatic heterocycles. The molecule has 1 heterocycles. The molecule has 8 nitrogen and oxygen atoms in total. The number of anilines is 1. The van der Waals surface area contributed by atoms with Crippen LogP contribution in [0.4, 0.5) is 10.5 Å². The molecule has 1 fully saturated rings. The Morgan fingerprint density at radius 3 is 2.61 bits per heavy atom. The van der Waals surface area contributed by atoms with E-state index in [9.17, 15) is 14.4 Å². The molecule has 23 heavy (non-hydrogen) atoms. The minimum atomic E-state index is -1.20. The number of carboxylic acids is 1. The number of urea groups is 1. The number of nitrogens with one attached hydrogen (secondary N) is 4. The Morgan fingerprint density at radius 2 is 2.00 bits per heavy atom. The first-order chi connectivity index (χ1) is 11.1. The van der Waals surface area contributed by atoms with Gasteiger partial charge in [-0.15, -0.1) is 0 Å². The van der Waals surface area contributed by atoms with Crippen LogP contribution < -0.4 is 21.3 Å². The van der Waals surface area contributed by atoms with Gasteiger partial charge in [-0.3, -0.25) is 4.79 Å². The van der Waals surface area contributed by atoms with Crippen molar-refractivity contribution < 1.29 is 19.5 Å². The van der Waals surface area contributed by atoms with E-state index < -0.39 is 18.0 Å². The van der Waals surface area contributed by atoms with Crippen LogP contribution in [0.1, 0.15) is 12.8 Å². The lowest BCUT2D eigenvalue weighted by Gasteiger charge is -2.18. The summed E-state index contributed by atoms with van der Waals surface area (Å²) >= 11 is 0. The zero-order chi connectivity index (χ0) is 16.7. The Morgan fingerprint density at radius 1 is 1.26 bits per heavy atom. The first-order valence-corrected chi connectivity index (χ1v) is 7.42. The van der Waals surface area contributed by atoms with E-state index in [1.54, 1.807) is 24.3 Å². The summed E-state index contributed by atoms with van der Waals surface area (Å²) in [5, 5.41) is 19.6. The SMILES string of the molecule is O=C(NC[C@H](NC(=O)[C@@H]1CCCN1)C(=O)O)Nc1ccccc1. The maximum atomic E-state index is 11.9. The van der Waals surface area contributed by atoms with Crippen molar-refractivity contribution in [2.75, 3.05) is 18.4 Å². The van der Waals surface area contributed by atoms with Crippen LogP contribution in [-0.4, -0.2) is 48.2 Å². The van der Waals surface area contributed by atoms with Gasteiger partial charge < -0.3 is 26.4 Å². The van der Waals surface area contributed by atoms with Crippen molar-refractivity contribution in [1.29, 1.82) is 0 Å². The van der Waals surface area contributed by atoms with E-state index >= 15 is 0 Å². The molecular weight excluding hydrogens is 300 g/mol. The first kappa shape index (κ1) is 16.8. The number of carbonyl (C=O) groups excluding carboxylic acids is 2. The molecule has 8 heteroatoms. The second-order valence-corrected chi connectivity index (χ2v) is 5.25. The van der Waals surface area contributed by atoms with Crippen LogP contribution in [0.15, 0.2) is 30.3 Å². The van der Waals surface area contributed by atoms with Gasteiger partial charge in [-0.25, -0.2) is 9.59 Å². The molecule has 1 aliphatic rings. The van der Waals surface area contributed by atoms with E-state index in [-0.39, 0.29) is 18.5 Å². The van der Waals surface area contributed by atoms with Gasteiger partial charge in [0.2, 0.25) is 5.91 Å². The molecule has 2 atom stereocenters. The quantitative estimate of drug-likeness (QED) is 0.510. The highest BCUT2D eigenvalue weighted by Crippen LogP contribution is 2.05. The molecule has 0 unspecified atom stereocenters. The average molecular weight is 320 g/mol. The largest absolute Gasteiger partial charge is 0.480 e. The third kappa shape index (κ3) is 5.26. The molecule has 0 aliphatic carbocycles. The minimum Gasteiger partial charge on any atom is -0.480 e. The van der Waals surface area contributed by atoms with Gasteiger partial charge >= 0.3 is 12.0 Å². The topological polar surface area (TPSA) is 120 Å². The van der Waals surface area contributed by atoms with Crippen LogP contribution in [0.25, 0.3) is 0 Å². The highest BCUT2D eigenvalue weighted by molar-refractivity contribution is 5.90. The van der Waals surface area contributed by atoms with Gasteiger partial charge in [-0.2, -0.15) is 0 Å². The lowest BCUT2D eigenvalue weighted by Crippen LogP contribution is -2.53. The van der Waals surface area contributed by atoms with Crippen LogP contribution in [0.3, 0.4) is 0 Å². The number of hydrogen-bond acceptors (Lipinski definition) is 4. The predicted molar refractivity (Wildman–Crippen MR) is 84.1 cm³/mol. The Bertz CT molecular complexity index is 558. The molecule has 124 valence electrons. The zero-order valence-electron chi connectivity index (χ0n) is 12.5. The van der Waals surface area contributed by atoms with Gasteiger partial charge in [0.1, 0.15) is 6.04 Å². The lowest BCUT2D eigenvalue weighted by molar-refractivity contribution is -0.141. The summed E-state index contributed by atoms with van der Waals surface area (Å²) in [6.45, 7) is 0.542. The lowest BCUT2D eigenvalue weighted by atomic mass is 10.2. The Labute approximate surface area is 133 Å². The highest BCUT2D eigenvalue weighted by Gasteiger charge is 2.27. The summed E-state index contributed by atoms with van der Waals surface area (Å²) in [6, 6.07) is 6.70.